The second kappa shape index (κ2) is 8.90. The molecule has 0 unspecified atom stereocenters. The average molecular weight is 400 g/mol. The number of anilines is 1. The van der Waals surface area contributed by atoms with Crippen LogP contribution < -0.4 is 5.32 Å². The van der Waals surface area contributed by atoms with Gasteiger partial charge in [-0.1, -0.05) is 26.0 Å². The van der Waals surface area contributed by atoms with Gasteiger partial charge in [-0.2, -0.15) is 0 Å². The highest BCUT2D eigenvalue weighted by molar-refractivity contribution is 8.02. The molecule has 1 N–H and O–H groups in total. The molecule has 1 heterocycles. The maximum absolute atomic E-state index is 12.1. The second-order valence-corrected chi connectivity index (χ2v) is 10.3. The van der Waals surface area contributed by atoms with E-state index in [2.05, 4.69) is 19.2 Å². The number of hydrogen-bond acceptors (Lipinski definition) is 6. The first-order chi connectivity index (χ1) is 12.2. The molecular formula is C18H25NO5S2. The molecule has 2 atom stereocenters. The Morgan fingerprint density at radius 1 is 1.23 bits per heavy atom. The molecule has 0 spiro atoms. The number of carbonyl (C=O) groups excluding carboxylic acids is 2. The van der Waals surface area contributed by atoms with Gasteiger partial charge in [0.25, 0.3) is 5.91 Å². The third-order valence-corrected chi connectivity index (χ3v) is 7.40. The molecule has 26 heavy (non-hydrogen) atoms. The van der Waals surface area contributed by atoms with Crippen LogP contribution in [0.1, 0.15) is 38.7 Å². The highest BCUT2D eigenvalue weighted by Crippen LogP contribution is 2.24. The van der Waals surface area contributed by atoms with E-state index >= 15 is 0 Å². The van der Waals surface area contributed by atoms with Crippen LogP contribution in [0.25, 0.3) is 0 Å². The van der Waals surface area contributed by atoms with Crippen molar-refractivity contribution < 1.29 is 22.7 Å². The predicted octanol–water partition coefficient (Wildman–Crippen LogP) is 2.60. The third kappa shape index (κ3) is 6.32. The van der Waals surface area contributed by atoms with Gasteiger partial charge in [-0.25, -0.2) is 8.42 Å². The maximum Gasteiger partial charge on any atom is 0.316 e. The summed E-state index contributed by atoms with van der Waals surface area (Å²) in [5.74, 6) is -0.185. The first-order valence-corrected chi connectivity index (χ1v) is 11.5. The standard InChI is InChI=1S/C18H25NO5S2/c1-12(2)14-4-6-15(7-5-14)19-18(21)13(3)24-17(20)10-25-16-8-9-26(22,23)11-16/h4-7,12-13,16H,8-11H2,1-3H3,(H,19,21)/t13-,16-/m0/s1. The lowest BCUT2D eigenvalue weighted by Gasteiger charge is -2.15. The molecule has 1 aromatic carbocycles. The van der Waals surface area contributed by atoms with E-state index in [4.69, 9.17) is 4.74 Å². The Kier molecular flexibility index (Phi) is 7.11. The van der Waals surface area contributed by atoms with Crippen LogP contribution in [-0.4, -0.2) is 48.9 Å². The Morgan fingerprint density at radius 2 is 1.88 bits per heavy atom. The second-order valence-electron chi connectivity index (χ2n) is 6.73. The van der Waals surface area contributed by atoms with Gasteiger partial charge in [0.05, 0.1) is 17.3 Å². The number of nitrogens with one attached hydrogen (secondary N) is 1. The van der Waals surface area contributed by atoms with Crippen molar-refractivity contribution in [1.29, 1.82) is 0 Å². The zero-order chi connectivity index (χ0) is 19.3. The van der Waals surface area contributed by atoms with E-state index in [-0.39, 0.29) is 22.5 Å². The van der Waals surface area contributed by atoms with Crippen LogP contribution in [0, 0.1) is 0 Å². The van der Waals surface area contributed by atoms with E-state index in [9.17, 15) is 18.0 Å². The molecule has 0 bridgehead atoms. The van der Waals surface area contributed by atoms with Gasteiger partial charge in [-0.3, -0.25) is 9.59 Å². The minimum Gasteiger partial charge on any atom is -0.452 e. The van der Waals surface area contributed by atoms with Gasteiger partial charge in [0.15, 0.2) is 15.9 Å². The SMILES string of the molecule is CC(C)c1ccc(NC(=O)[C@H](C)OC(=O)CS[C@H]2CCS(=O)(=O)C2)cc1. The molecule has 0 saturated carbocycles. The topological polar surface area (TPSA) is 89.5 Å². The smallest absolute Gasteiger partial charge is 0.316 e. The minimum atomic E-state index is -2.96. The summed E-state index contributed by atoms with van der Waals surface area (Å²) in [5.41, 5.74) is 1.82. The van der Waals surface area contributed by atoms with E-state index in [1.807, 2.05) is 24.3 Å². The Hall–Kier alpha value is -1.54. The van der Waals surface area contributed by atoms with Crippen molar-refractivity contribution in [2.24, 2.45) is 0 Å². The van der Waals surface area contributed by atoms with Gasteiger partial charge in [0, 0.05) is 10.9 Å². The summed E-state index contributed by atoms with van der Waals surface area (Å²) < 4.78 is 27.9. The number of sulfone groups is 1. The molecule has 144 valence electrons. The van der Waals surface area contributed by atoms with Crippen molar-refractivity contribution in [1.82, 2.24) is 0 Å². The summed E-state index contributed by atoms with van der Waals surface area (Å²) in [6.07, 6.45) is -0.358. The number of carbonyl (C=O) groups is 2. The van der Waals surface area contributed by atoms with Crippen LogP contribution in [0.2, 0.25) is 0 Å². The lowest BCUT2D eigenvalue weighted by Crippen LogP contribution is -2.30. The molecule has 8 heteroatoms. The van der Waals surface area contributed by atoms with Gasteiger partial charge < -0.3 is 10.1 Å². The van der Waals surface area contributed by atoms with E-state index in [1.54, 1.807) is 0 Å². The number of hydrogen-bond donors (Lipinski definition) is 1. The molecule has 0 aliphatic carbocycles. The lowest BCUT2D eigenvalue weighted by molar-refractivity contribution is -0.150. The van der Waals surface area contributed by atoms with Crippen molar-refractivity contribution in [2.75, 3.05) is 22.6 Å². The van der Waals surface area contributed by atoms with Crippen molar-refractivity contribution in [3.8, 4) is 0 Å². The molecule has 1 amide bonds. The molecule has 1 saturated heterocycles. The van der Waals surface area contributed by atoms with Crippen molar-refractivity contribution >= 4 is 39.2 Å². The number of rotatable bonds is 7. The summed E-state index contributed by atoms with van der Waals surface area (Å²) in [5, 5.41) is 2.65. The van der Waals surface area contributed by atoms with E-state index in [1.165, 1.54) is 24.2 Å². The largest absolute Gasteiger partial charge is 0.452 e. The van der Waals surface area contributed by atoms with Crippen molar-refractivity contribution in [3.63, 3.8) is 0 Å². The van der Waals surface area contributed by atoms with Crippen LogP contribution in [0.5, 0.6) is 0 Å². The van der Waals surface area contributed by atoms with Gasteiger partial charge in [-0.15, -0.1) is 11.8 Å². The summed E-state index contributed by atoms with van der Waals surface area (Å²) >= 11 is 1.27. The Balaban J connectivity index is 1.76. The van der Waals surface area contributed by atoms with Crippen molar-refractivity contribution in [3.05, 3.63) is 29.8 Å². The fraction of sp³-hybridized carbons (Fsp3) is 0.556. The monoisotopic (exact) mass is 399 g/mol. The Bertz CT molecular complexity index is 743. The van der Waals surface area contributed by atoms with Gasteiger partial charge >= 0.3 is 5.97 Å². The maximum atomic E-state index is 12.1. The summed E-state index contributed by atoms with van der Waals surface area (Å²) in [7, 11) is -2.96. The zero-order valence-electron chi connectivity index (χ0n) is 15.2. The molecule has 1 aliphatic heterocycles. The van der Waals surface area contributed by atoms with Crippen LogP contribution in [0.15, 0.2) is 24.3 Å². The zero-order valence-corrected chi connectivity index (χ0v) is 16.9. The highest BCUT2D eigenvalue weighted by atomic mass is 32.2. The minimum absolute atomic E-state index is 0.0426. The van der Waals surface area contributed by atoms with E-state index in [0.29, 0.717) is 18.0 Å². The van der Waals surface area contributed by atoms with Crippen LogP contribution >= 0.6 is 11.8 Å². The van der Waals surface area contributed by atoms with Crippen LogP contribution in [0.3, 0.4) is 0 Å². The summed E-state index contributed by atoms with van der Waals surface area (Å²) in [6, 6.07) is 7.53. The summed E-state index contributed by atoms with van der Waals surface area (Å²) in [6.45, 7) is 5.70. The van der Waals surface area contributed by atoms with Crippen LogP contribution in [0.4, 0.5) is 5.69 Å². The molecule has 2 rings (SSSR count). The molecule has 1 aliphatic rings. The van der Waals surface area contributed by atoms with Crippen LogP contribution in [-0.2, 0) is 24.2 Å². The fourth-order valence-electron chi connectivity index (χ4n) is 2.56. The summed E-state index contributed by atoms with van der Waals surface area (Å²) in [4.78, 5) is 24.0. The number of ether oxygens (including phenoxy) is 1. The van der Waals surface area contributed by atoms with Gasteiger partial charge in [0.1, 0.15) is 0 Å². The highest BCUT2D eigenvalue weighted by Gasteiger charge is 2.29. The first kappa shape index (κ1) is 20.8. The number of benzene rings is 1. The third-order valence-electron chi connectivity index (χ3n) is 4.15. The number of esters is 1. The number of amides is 1. The Morgan fingerprint density at radius 3 is 2.42 bits per heavy atom. The molecule has 0 radical (unpaired) electrons. The first-order valence-electron chi connectivity index (χ1n) is 8.58. The van der Waals surface area contributed by atoms with E-state index in [0.717, 1.165) is 0 Å². The fourth-order valence-corrected chi connectivity index (χ4v) is 5.98. The molecule has 6 nitrogen and oxygen atoms in total. The Labute approximate surface area is 159 Å². The molecular weight excluding hydrogens is 374 g/mol. The van der Waals surface area contributed by atoms with E-state index < -0.39 is 27.8 Å². The number of thioether (sulfide) groups is 1. The van der Waals surface area contributed by atoms with Gasteiger partial charge in [0.2, 0.25) is 0 Å². The average Bonchev–Trinajstić information content (AvgIpc) is 2.92. The predicted molar refractivity (Wildman–Crippen MR) is 104 cm³/mol. The normalized spacial score (nSPS) is 19.9. The quantitative estimate of drug-likeness (QED) is 0.709. The lowest BCUT2D eigenvalue weighted by atomic mass is 10.0. The molecule has 1 fully saturated rings. The van der Waals surface area contributed by atoms with Gasteiger partial charge in [-0.05, 0) is 37.0 Å². The molecule has 1 aromatic rings. The van der Waals surface area contributed by atoms with Crippen molar-refractivity contribution in [2.45, 2.75) is 44.5 Å². The molecule has 0 aromatic heterocycles.